The monoisotopic (exact) mass is 341 g/mol. The van der Waals surface area contributed by atoms with Gasteiger partial charge in [-0.25, -0.2) is 4.99 Å². The zero-order valence-electron chi connectivity index (χ0n) is 13.8. The number of aliphatic imine (C=N–C) groups is 1. The molecule has 4 rings (SSSR count). The van der Waals surface area contributed by atoms with Gasteiger partial charge in [-0.1, -0.05) is 37.6 Å². The molecule has 1 unspecified atom stereocenters. The van der Waals surface area contributed by atoms with Gasteiger partial charge in [-0.2, -0.15) is 0 Å². The highest BCUT2D eigenvalue weighted by Gasteiger charge is 2.47. The van der Waals surface area contributed by atoms with Crippen LogP contribution in [0.5, 0.6) is 0 Å². The molecule has 0 radical (unpaired) electrons. The lowest BCUT2D eigenvalue weighted by Crippen LogP contribution is -2.39. The second-order valence-corrected chi connectivity index (χ2v) is 7.99. The minimum atomic E-state index is -0.386. The number of fused-ring (bicyclic) bond motifs is 2. The lowest BCUT2D eigenvalue weighted by Gasteiger charge is -2.41. The number of nitrogens with two attached hydrogens (primary N) is 1. The van der Waals surface area contributed by atoms with Crippen LogP contribution in [0.1, 0.15) is 31.4 Å². The Balaban J connectivity index is 1.87. The molecule has 1 aromatic carbocycles. The highest BCUT2D eigenvalue weighted by Crippen LogP contribution is 2.49. The van der Waals surface area contributed by atoms with Gasteiger partial charge in [0, 0.05) is 18.0 Å². The fraction of sp³-hybridized carbons (Fsp3) is 0.368. The quantitative estimate of drug-likeness (QED) is 0.855. The zero-order valence-corrected chi connectivity index (χ0v) is 14.6. The average molecular weight is 342 g/mol. The molecule has 24 heavy (non-hydrogen) atoms. The van der Waals surface area contributed by atoms with Crippen molar-refractivity contribution in [2.24, 2.45) is 16.1 Å². The number of amidine groups is 1. The largest absolute Gasteiger partial charge is 0.462 e. The maximum atomic E-state index is 6.09. The van der Waals surface area contributed by atoms with Crippen LogP contribution >= 0.6 is 11.6 Å². The van der Waals surface area contributed by atoms with Crippen LogP contribution in [0.2, 0.25) is 5.02 Å². The summed E-state index contributed by atoms with van der Waals surface area (Å²) in [5, 5.41) is 0.632. The van der Waals surface area contributed by atoms with Gasteiger partial charge in [0.25, 0.3) is 6.02 Å². The Morgan fingerprint density at radius 1 is 1.17 bits per heavy atom. The standard InChI is InChI=1S/C19H20ClN3O/c1-18(2)7-13-4-3-12(14-5-15(20)9-22-8-14)6-16(13)19(10-18)11-24-17(21)23-19/h3-6,8-9H,7,10-11H2,1-2H3,(H2,21,23). The summed E-state index contributed by atoms with van der Waals surface area (Å²) in [6.07, 6.45) is 5.41. The molecular formula is C19H20ClN3O. The summed E-state index contributed by atoms with van der Waals surface area (Å²) in [4.78, 5) is 8.89. The number of nitrogens with zero attached hydrogens (tertiary/aromatic N) is 2. The number of rotatable bonds is 1. The third kappa shape index (κ3) is 2.55. The molecule has 5 heteroatoms. The molecule has 0 fully saturated rings. The first kappa shape index (κ1) is 15.5. The summed E-state index contributed by atoms with van der Waals surface area (Å²) < 4.78 is 5.56. The summed E-state index contributed by atoms with van der Waals surface area (Å²) in [6, 6.07) is 8.73. The molecule has 1 aromatic heterocycles. The Morgan fingerprint density at radius 3 is 2.71 bits per heavy atom. The van der Waals surface area contributed by atoms with E-state index in [1.165, 1.54) is 11.1 Å². The molecular weight excluding hydrogens is 322 g/mol. The zero-order chi connectivity index (χ0) is 16.9. The van der Waals surface area contributed by atoms with E-state index in [9.17, 15) is 0 Å². The second kappa shape index (κ2) is 5.21. The average Bonchev–Trinajstić information content (AvgIpc) is 2.87. The highest BCUT2D eigenvalue weighted by molar-refractivity contribution is 6.30. The van der Waals surface area contributed by atoms with Crippen molar-refractivity contribution in [1.82, 2.24) is 4.98 Å². The molecule has 1 aliphatic heterocycles. The van der Waals surface area contributed by atoms with E-state index in [0.717, 1.165) is 24.0 Å². The summed E-state index contributed by atoms with van der Waals surface area (Å²) >= 11 is 6.09. The van der Waals surface area contributed by atoms with Crippen molar-refractivity contribution in [3.05, 3.63) is 52.8 Å². The number of benzene rings is 1. The number of halogens is 1. The van der Waals surface area contributed by atoms with E-state index in [-0.39, 0.29) is 17.0 Å². The molecule has 2 heterocycles. The first-order chi connectivity index (χ1) is 11.4. The van der Waals surface area contributed by atoms with Crippen LogP contribution in [0.4, 0.5) is 0 Å². The van der Waals surface area contributed by atoms with Crippen molar-refractivity contribution < 1.29 is 4.74 Å². The van der Waals surface area contributed by atoms with E-state index >= 15 is 0 Å². The number of hydrogen-bond donors (Lipinski definition) is 1. The van der Waals surface area contributed by atoms with Gasteiger partial charge in [-0.15, -0.1) is 0 Å². The smallest absolute Gasteiger partial charge is 0.283 e. The number of aromatic nitrogens is 1. The van der Waals surface area contributed by atoms with E-state index in [2.05, 4.69) is 37.0 Å². The van der Waals surface area contributed by atoms with Crippen molar-refractivity contribution in [3.8, 4) is 11.1 Å². The molecule has 2 aliphatic rings. The fourth-order valence-electron chi connectivity index (χ4n) is 4.08. The van der Waals surface area contributed by atoms with Gasteiger partial charge < -0.3 is 10.5 Å². The van der Waals surface area contributed by atoms with Crippen LogP contribution in [0.3, 0.4) is 0 Å². The van der Waals surface area contributed by atoms with Crippen LogP contribution in [0.25, 0.3) is 11.1 Å². The van der Waals surface area contributed by atoms with E-state index in [0.29, 0.717) is 11.6 Å². The van der Waals surface area contributed by atoms with Gasteiger partial charge in [0.15, 0.2) is 0 Å². The van der Waals surface area contributed by atoms with Crippen molar-refractivity contribution >= 4 is 17.6 Å². The number of ether oxygens (including phenoxy) is 1. The minimum absolute atomic E-state index is 0.156. The van der Waals surface area contributed by atoms with Crippen LogP contribution in [-0.4, -0.2) is 17.6 Å². The Morgan fingerprint density at radius 2 is 2.00 bits per heavy atom. The van der Waals surface area contributed by atoms with Crippen LogP contribution < -0.4 is 5.73 Å². The molecule has 0 amide bonds. The van der Waals surface area contributed by atoms with E-state index < -0.39 is 0 Å². The molecule has 4 nitrogen and oxygen atoms in total. The summed E-state index contributed by atoms with van der Waals surface area (Å²) in [6.45, 7) is 5.06. The summed E-state index contributed by atoms with van der Waals surface area (Å²) in [5.74, 6) is 0. The molecule has 2 N–H and O–H groups in total. The first-order valence-corrected chi connectivity index (χ1v) is 8.47. The van der Waals surface area contributed by atoms with Crippen LogP contribution in [0, 0.1) is 5.41 Å². The predicted octanol–water partition coefficient (Wildman–Crippen LogP) is 3.91. The minimum Gasteiger partial charge on any atom is -0.462 e. The highest BCUT2D eigenvalue weighted by atomic mass is 35.5. The maximum Gasteiger partial charge on any atom is 0.283 e. The Bertz CT molecular complexity index is 846. The van der Waals surface area contributed by atoms with Gasteiger partial charge in [0.1, 0.15) is 12.1 Å². The van der Waals surface area contributed by atoms with Gasteiger partial charge >= 0.3 is 0 Å². The Labute approximate surface area is 146 Å². The van der Waals surface area contributed by atoms with Crippen LogP contribution in [-0.2, 0) is 16.7 Å². The molecule has 1 aliphatic carbocycles. The second-order valence-electron chi connectivity index (χ2n) is 7.55. The van der Waals surface area contributed by atoms with E-state index in [1.54, 1.807) is 6.20 Å². The van der Waals surface area contributed by atoms with Gasteiger partial charge in [0.2, 0.25) is 0 Å². The third-order valence-electron chi connectivity index (χ3n) is 4.87. The first-order valence-electron chi connectivity index (χ1n) is 8.09. The van der Waals surface area contributed by atoms with Crippen molar-refractivity contribution in [2.45, 2.75) is 32.2 Å². The number of hydrogen-bond acceptors (Lipinski definition) is 4. The van der Waals surface area contributed by atoms with Crippen molar-refractivity contribution in [1.29, 1.82) is 0 Å². The number of pyridine rings is 1. The normalized spacial score (nSPS) is 24.4. The maximum absolute atomic E-state index is 6.09. The molecule has 2 aromatic rings. The third-order valence-corrected chi connectivity index (χ3v) is 5.08. The lowest BCUT2D eigenvalue weighted by molar-refractivity contribution is 0.163. The lowest BCUT2D eigenvalue weighted by atomic mass is 9.65. The SMILES string of the molecule is CC1(C)Cc2ccc(-c3cncc(Cl)c3)cc2C2(COC(N)=N2)C1. The van der Waals surface area contributed by atoms with Crippen molar-refractivity contribution in [3.63, 3.8) is 0 Å². The van der Waals surface area contributed by atoms with Gasteiger partial charge in [0.05, 0.1) is 5.02 Å². The Hall–Kier alpha value is -2.07. The van der Waals surface area contributed by atoms with Crippen molar-refractivity contribution in [2.75, 3.05) is 6.61 Å². The molecule has 124 valence electrons. The Kier molecular flexibility index (Phi) is 3.36. The van der Waals surface area contributed by atoms with Gasteiger partial charge in [-0.05, 0) is 47.1 Å². The molecule has 0 saturated carbocycles. The van der Waals surface area contributed by atoms with E-state index in [1.807, 2.05) is 12.3 Å². The molecule has 0 saturated heterocycles. The molecule has 0 bridgehead atoms. The van der Waals surface area contributed by atoms with E-state index in [4.69, 9.17) is 27.1 Å². The van der Waals surface area contributed by atoms with Crippen LogP contribution in [0.15, 0.2) is 41.7 Å². The fourth-order valence-corrected chi connectivity index (χ4v) is 4.25. The molecule has 1 atom stereocenters. The summed E-state index contributed by atoms with van der Waals surface area (Å²) in [5.41, 5.74) is 10.2. The predicted molar refractivity (Wildman–Crippen MR) is 96.0 cm³/mol. The topological polar surface area (TPSA) is 60.5 Å². The summed E-state index contributed by atoms with van der Waals surface area (Å²) in [7, 11) is 0. The molecule has 1 spiro atoms. The van der Waals surface area contributed by atoms with Gasteiger partial charge in [-0.3, -0.25) is 4.98 Å².